The Morgan fingerprint density at radius 3 is 2.93 bits per heavy atom. The average molecular weight is 213 g/mol. The van der Waals surface area contributed by atoms with Crippen LogP contribution in [0.3, 0.4) is 0 Å². The maximum absolute atomic E-state index is 11.3. The molecule has 6 nitrogen and oxygen atoms in total. The second-order valence-electron chi connectivity index (χ2n) is 3.33. The van der Waals surface area contributed by atoms with Crippen molar-refractivity contribution in [3.63, 3.8) is 0 Å². The Kier molecular flexibility index (Phi) is 4.08. The largest absolute Gasteiger partial charge is 0.356 e. The maximum Gasteiger partial charge on any atom is 0.243 e. The molecule has 1 aliphatic heterocycles. The summed E-state index contributed by atoms with van der Waals surface area (Å²) in [5.41, 5.74) is 0. The van der Waals surface area contributed by atoms with Gasteiger partial charge in [0, 0.05) is 13.0 Å². The first-order valence-corrected chi connectivity index (χ1v) is 4.97. The first-order chi connectivity index (χ1) is 7.13. The summed E-state index contributed by atoms with van der Waals surface area (Å²) < 4.78 is 0. The van der Waals surface area contributed by atoms with Gasteiger partial charge >= 0.3 is 0 Å². The Balaban J connectivity index is 2.33. The summed E-state index contributed by atoms with van der Waals surface area (Å²) in [5, 5.41) is 7.62. The van der Waals surface area contributed by atoms with E-state index in [1.165, 1.54) is 0 Å². The zero-order valence-electron chi connectivity index (χ0n) is 8.63. The van der Waals surface area contributed by atoms with Crippen molar-refractivity contribution < 1.29 is 14.4 Å². The Hall–Kier alpha value is -1.59. The molecule has 6 heteroatoms. The first-order valence-electron chi connectivity index (χ1n) is 4.97. The van der Waals surface area contributed by atoms with Gasteiger partial charge in [0.05, 0.1) is 6.54 Å². The van der Waals surface area contributed by atoms with Crippen LogP contribution >= 0.6 is 0 Å². The van der Waals surface area contributed by atoms with E-state index in [1.54, 1.807) is 0 Å². The van der Waals surface area contributed by atoms with Gasteiger partial charge in [0.15, 0.2) is 0 Å². The lowest BCUT2D eigenvalue weighted by atomic mass is 10.1. The number of hydrogen-bond acceptors (Lipinski definition) is 3. The van der Waals surface area contributed by atoms with Crippen LogP contribution in [0.15, 0.2) is 0 Å². The molecule has 84 valence electrons. The number of amides is 3. The van der Waals surface area contributed by atoms with Crippen molar-refractivity contribution in [1.29, 1.82) is 0 Å². The summed E-state index contributed by atoms with van der Waals surface area (Å²) in [5.74, 6) is -0.542. The van der Waals surface area contributed by atoms with Crippen LogP contribution in [0.4, 0.5) is 0 Å². The van der Waals surface area contributed by atoms with Crippen LogP contribution in [0.2, 0.25) is 0 Å². The third kappa shape index (κ3) is 3.57. The molecule has 1 heterocycles. The van der Waals surface area contributed by atoms with Gasteiger partial charge in [0.1, 0.15) is 6.04 Å². The van der Waals surface area contributed by atoms with E-state index < -0.39 is 6.04 Å². The fourth-order valence-corrected chi connectivity index (χ4v) is 1.37. The van der Waals surface area contributed by atoms with Gasteiger partial charge in [-0.3, -0.25) is 14.4 Å². The lowest BCUT2D eigenvalue weighted by molar-refractivity contribution is -0.134. The fraction of sp³-hybridized carbons (Fsp3) is 0.667. The highest BCUT2D eigenvalue weighted by molar-refractivity contribution is 5.95. The fourth-order valence-electron chi connectivity index (χ4n) is 1.37. The molecule has 1 aliphatic rings. The minimum absolute atomic E-state index is 0.0243. The second-order valence-corrected chi connectivity index (χ2v) is 3.33. The van der Waals surface area contributed by atoms with Gasteiger partial charge in [0.2, 0.25) is 17.7 Å². The molecule has 3 amide bonds. The van der Waals surface area contributed by atoms with Crippen molar-refractivity contribution in [3.05, 3.63) is 0 Å². The highest BCUT2D eigenvalue weighted by Gasteiger charge is 2.25. The van der Waals surface area contributed by atoms with Gasteiger partial charge in [-0.2, -0.15) is 0 Å². The normalized spacial score (nSPS) is 20.5. The molecule has 0 bridgehead atoms. The Morgan fingerprint density at radius 1 is 1.53 bits per heavy atom. The summed E-state index contributed by atoms with van der Waals surface area (Å²) in [7, 11) is 0. The zero-order chi connectivity index (χ0) is 11.3. The van der Waals surface area contributed by atoms with E-state index in [1.807, 2.05) is 6.92 Å². The summed E-state index contributed by atoms with van der Waals surface area (Å²) in [6.07, 6.45) is 0.579. The van der Waals surface area contributed by atoms with Gasteiger partial charge in [0.25, 0.3) is 0 Å². The minimum atomic E-state index is -0.575. The molecule has 1 unspecified atom stereocenters. The molecule has 0 aromatic heterocycles. The van der Waals surface area contributed by atoms with Crippen molar-refractivity contribution >= 4 is 17.7 Å². The average Bonchev–Trinajstić information content (AvgIpc) is 2.20. The van der Waals surface area contributed by atoms with Gasteiger partial charge < -0.3 is 16.0 Å². The molecule has 1 fully saturated rings. The molecule has 1 saturated heterocycles. The van der Waals surface area contributed by atoms with Gasteiger partial charge in [-0.25, -0.2) is 0 Å². The number of piperazine rings is 1. The van der Waals surface area contributed by atoms with Crippen molar-refractivity contribution in [2.75, 3.05) is 13.1 Å². The van der Waals surface area contributed by atoms with Crippen molar-refractivity contribution in [2.45, 2.75) is 25.8 Å². The Morgan fingerprint density at radius 2 is 2.27 bits per heavy atom. The molecular formula is C9H15N3O3. The molecule has 15 heavy (non-hydrogen) atoms. The highest BCUT2D eigenvalue weighted by atomic mass is 16.2. The van der Waals surface area contributed by atoms with E-state index in [0.29, 0.717) is 13.0 Å². The minimum Gasteiger partial charge on any atom is -0.356 e. The number of carbonyl (C=O) groups excluding carboxylic acids is 3. The Bertz CT molecular complexity index is 278. The number of carbonyl (C=O) groups is 3. The van der Waals surface area contributed by atoms with Crippen LogP contribution in [-0.4, -0.2) is 36.9 Å². The van der Waals surface area contributed by atoms with Crippen LogP contribution in [0.5, 0.6) is 0 Å². The third-order valence-electron chi connectivity index (χ3n) is 2.11. The molecule has 0 spiro atoms. The highest BCUT2D eigenvalue weighted by Crippen LogP contribution is 2.00. The van der Waals surface area contributed by atoms with Crippen LogP contribution < -0.4 is 16.0 Å². The van der Waals surface area contributed by atoms with E-state index in [4.69, 9.17) is 0 Å². The smallest absolute Gasteiger partial charge is 0.243 e. The molecule has 0 aromatic rings. The monoisotopic (exact) mass is 213 g/mol. The van der Waals surface area contributed by atoms with Gasteiger partial charge in [-0.05, 0) is 13.3 Å². The Labute approximate surface area is 87.8 Å². The van der Waals surface area contributed by atoms with E-state index >= 15 is 0 Å². The lowest BCUT2D eigenvalue weighted by Gasteiger charge is -2.22. The SMILES string of the molecule is CCNC(=O)CCC1NC(=O)CNC1=O. The standard InChI is InChI=1S/C9H15N3O3/c1-2-10-7(13)4-3-6-9(15)11-5-8(14)12-6/h6H,2-5H2,1H3,(H,10,13)(H,11,15)(H,12,14). The maximum atomic E-state index is 11.3. The summed E-state index contributed by atoms with van der Waals surface area (Å²) >= 11 is 0. The number of nitrogens with one attached hydrogen (secondary N) is 3. The number of rotatable bonds is 4. The summed E-state index contributed by atoms with van der Waals surface area (Å²) in [4.78, 5) is 33.3. The topological polar surface area (TPSA) is 87.3 Å². The quantitative estimate of drug-likeness (QED) is 0.532. The first kappa shape index (κ1) is 11.5. The van der Waals surface area contributed by atoms with Crippen LogP contribution in [-0.2, 0) is 14.4 Å². The van der Waals surface area contributed by atoms with Crippen LogP contribution in [0.1, 0.15) is 19.8 Å². The van der Waals surface area contributed by atoms with Crippen LogP contribution in [0.25, 0.3) is 0 Å². The van der Waals surface area contributed by atoms with Crippen molar-refractivity contribution in [1.82, 2.24) is 16.0 Å². The second kappa shape index (κ2) is 5.33. The lowest BCUT2D eigenvalue weighted by Crippen LogP contribution is -2.56. The molecule has 0 aliphatic carbocycles. The van der Waals surface area contributed by atoms with E-state index in [2.05, 4.69) is 16.0 Å². The van der Waals surface area contributed by atoms with E-state index in [-0.39, 0.29) is 30.7 Å². The molecule has 1 rings (SSSR count). The molecule has 0 saturated carbocycles. The van der Waals surface area contributed by atoms with Gasteiger partial charge in [-0.1, -0.05) is 0 Å². The van der Waals surface area contributed by atoms with Crippen molar-refractivity contribution in [2.24, 2.45) is 0 Å². The molecule has 1 atom stereocenters. The van der Waals surface area contributed by atoms with E-state index in [0.717, 1.165) is 0 Å². The zero-order valence-corrected chi connectivity index (χ0v) is 8.63. The predicted octanol–water partition coefficient (Wildman–Crippen LogP) is -1.48. The molecule has 0 radical (unpaired) electrons. The molecule has 3 N–H and O–H groups in total. The van der Waals surface area contributed by atoms with E-state index in [9.17, 15) is 14.4 Å². The summed E-state index contributed by atoms with van der Waals surface area (Å²) in [6, 6.07) is -0.575. The molecule has 0 aromatic carbocycles. The van der Waals surface area contributed by atoms with Crippen LogP contribution in [0, 0.1) is 0 Å². The van der Waals surface area contributed by atoms with Gasteiger partial charge in [-0.15, -0.1) is 0 Å². The summed E-state index contributed by atoms with van der Waals surface area (Å²) in [6.45, 7) is 2.42. The number of hydrogen-bond donors (Lipinski definition) is 3. The third-order valence-corrected chi connectivity index (χ3v) is 2.11. The predicted molar refractivity (Wildman–Crippen MR) is 52.9 cm³/mol. The van der Waals surface area contributed by atoms with Crippen molar-refractivity contribution in [3.8, 4) is 0 Å². The molecular weight excluding hydrogens is 198 g/mol.